The highest BCUT2D eigenvalue weighted by molar-refractivity contribution is 7.80. The highest BCUT2D eigenvalue weighted by Gasteiger charge is 2.28. The molecule has 1 saturated carbocycles. The summed E-state index contributed by atoms with van der Waals surface area (Å²) in [6.07, 6.45) is 4.20. The van der Waals surface area contributed by atoms with Crippen molar-refractivity contribution in [2.75, 3.05) is 6.61 Å². The average Bonchev–Trinajstić information content (AvgIpc) is 2.18. The molecule has 1 rings (SSSR count). The maximum Gasteiger partial charge on any atom is 0.308 e. The highest BCUT2D eigenvalue weighted by Crippen LogP contribution is 2.33. The predicted octanol–water partition coefficient (Wildman–Crippen LogP) is 2.67. The molecule has 1 unspecified atom stereocenters. The number of thiol groups is 1. The Morgan fingerprint density at radius 3 is 2.43 bits per heavy atom. The van der Waals surface area contributed by atoms with Crippen LogP contribution in [0.25, 0.3) is 0 Å². The Bertz CT molecular complexity index is 184. The number of hydrogen-bond donors (Lipinski definition) is 1. The van der Waals surface area contributed by atoms with Gasteiger partial charge in [0.05, 0.1) is 12.5 Å². The summed E-state index contributed by atoms with van der Waals surface area (Å²) in [4.78, 5) is 11.4. The van der Waals surface area contributed by atoms with Crippen molar-refractivity contribution < 1.29 is 9.53 Å². The first kappa shape index (κ1) is 11.9. The third kappa shape index (κ3) is 3.19. The van der Waals surface area contributed by atoms with Gasteiger partial charge in [-0.1, -0.05) is 6.92 Å². The molecule has 1 atom stereocenters. The molecule has 1 aliphatic carbocycles. The van der Waals surface area contributed by atoms with E-state index < -0.39 is 0 Å². The van der Waals surface area contributed by atoms with Crippen molar-refractivity contribution in [2.24, 2.45) is 11.8 Å². The van der Waals surface area contributed by atoms with E-state index in [4.69, 9.17) is 4.74 Å². The zero-order chi connectivity index (χ0) is 10.6. The molecular formula is C11H20O2S. The average molecular weight is 216 g/mol. The first-order chi connectivity index (χ1) is 6.65. The fraction of sp³-hybridized carbons (Fsp3) is 0.909. The lowest BCUT2D eigenvalue weighted by atomic mass is 9.81. The SMILES string of the molecule is CCOC(=O)C1CCC(C(C)S)CC1. The summed E-state index contributed by atoms with van der Waals surface area (Å²) in [5.41, 5.74) is 0. The van der Waals surface area contributed by atoms with Gasteiger partial charge in [-0.25, -0.2) is 0 Å². The van der Waals surface area contributed by atoms with Crippen molar-refractivity contribution in [1.82, 2.24) is 0 Å². The van der Waals surface area contributed by atoms with Gasteiger partial charge in [0.25, 0.3) is 0 Å². The smallest absolute Gasteiger partial charge is 0.308 e. The van der Waals surface area contributed by atoms with E-state index >= 15 is 0 Å². The summed E-state index contributed by atoms with van der Waals surface area (Å²) in [7, 11) is 0. The molecule has 0 aromatic heterocycles. The van der Waals surface area contributed by atoms with Crippen molar-refractivity contribution in [2.45, 2.75) is 44.8 Å². The van der Waals surface area contributed by atoms with E-state index in [0.29, 0.717) is 17.8 Å². The van der Waals surface area contributed by atoms with Crippen LogP contribution in [0.15, 0.2) is 0 Å². The van der Waals surface area contributed by atoms with E-state index in [1.165, 1.54) is 0 Å². The van der Waals surface area contributed by atoms with Crippen LogP contribution in [-0.2, 0) is 9.53 Å². The van der Waals surface area contributed by atoms with Crippen molar-refractivity contribution in [3.8, 4) is 0 Å². The van der Waals surface area contributed by atoms with E-state index in [9.17, 15) is 4.79 Å². The summed E-state index contributed by atoms with van der Waals surface area (Å²) in [5, 5.41) is 0.457. The standard InChI is InChI=1S/C11H20O2S/c1-3-13-11(12)10-6-4-9(5-7-10)8(2)14/h8-10,14H,3-7H2,1-2H3. The Morgan fingerprint density at radius 2 is 2.00 bits per heavy atom. The summed E-state index contributed by atoms with van der Waals surface area (Å²) in [6.45, 7) is 4.50. The number of carbonyl (C=O) groups is 1. The monoisotopic (exact) mass is 216 g/mol. The largest absolute Gasteiger partial charge is 0.466 e. The fourth-order valence-corrected chi connectivity index (χ4v) is 2.40. The molecule has 1 fully saturated rings. The van der Waals surface area contributed by atoms with Gasteiger partial charge in [-0.2, -0.15) is 12.6 Å². The van der Waals surface area contributed by atoms with Gasteiger partial charge >= 0.3 is 5.97 Å². The molecule has 82 valence electrons. The molecule has 0 bridgehead atoms. The first-order valence-corrected chi connectivity index (χ1v) is 6.01. The van der Waals surface area contributed by atoms with Crippen LogP contribution >= 0.6 is 12.6 Å². The number of ether oxygens (including phenoxy) is 1. The zero-order valence-electron chi connectivity index (χ0n) is 9.03. The number of hydrogen-bond acceptors (Lipinski definition) is 3. The molecule has 0 heterocycles. The zero-order valence-corrected chi connectivity index (χ0v) is 9.93. The molecule has 3 heteroatoms. The molecule has 0 N–H and O–H groups in total. The molecule has 1 aliphatic rings. The second kappa shape index (κ2) is 5.64. The van der Waals surface area contributed by atoms with E-state index in [1.54, 1.807) is 0 Å². The van der Waals surface area contributed by atoms with E-state index in [2.05, 4.69) is 19.6 Å². The second-order valence-electron chi connectivity index (χ2n) is 4.10. The summed E-state index contributed by atoms with van der Waals surface area (Å²) in [6, 6.07) is 0. The maximum absolute atomic E-state index is 11.4. The minimum Gasteiger partial charge on any atom is -0.466 e. The maximum atomic E-state index is 11.4. The normalized spacial score (nSPS) is 29.6. The molecular weight excluding hydrogens is 196 g/mol. The predicted molar refractivity (Wildman–Crippen MR) is 60.5 cm³/mol. The third-order valence-electron chi connectivity index (χ3n) is 3.07. The Morgan fingerprint density at radius 1 is 1.43 bits per heavy atom. The summed E-state index contributed by atoms with van der Waals surface area (Å²) >= 11 is 4.45. The Hall–Kier alpha value is -0.180. The first-order valence-electron chi connectivity index (χ1n) is 5.49. The summed E-state index contributed by atoms with van der Waals surface area (Å²) < 4.78 is 5.02. The van der Waals surface area contributed by atoms with Crippen molar-refractivity contribution >= 4 is 18.6 Å². The van der Waals surface area contributed by atoms with E-state index in [1.807, 2.05) is 6.92 Å². The van der Waals surface area contributed by atoms with Gasteiger partial charge in [0.1, 0.15) is 0 Å². The van der Waals surface area contributed by atoms with Gasteiger partial charge in [-0.15, -0.1) is 0 Å². The Labute approximate surface area is 91.8 Å². The van der Waals surface area contributed by atoms with E-state index in [0.717, 1.165) is 25.7 Å². The molecule has 0 radical (unpaired) electrons. The van der Waals surface area contributed by atoms with Gasteiger partial charge in [-0.05, 0) is 38.5 Å². The molecule has 2 nitrogen and oxygen atoms in total. The second-order valence-corrected chi connectivity index (χ2v) is 4.92. The highest BCUT2D eigenvalue weighted by atomic mass is 32.1. The lowest BCUT2D eigenvalue weighted by molar-refractivity contribution is -0.149. The fourth-order valence-electron chi connectivity index (χ4n) is 2.10. The lowest BCUT2D eigenvalue weighted by Gasteiger charge is -2.29. The molecule has 0 saturated heterocycles. The quantitative estimate of drug-likeness (QED) is 0.580. The van der Waals surface area contributed by atoms with E-state index in [-0.39, 0.29) is 11.9 Å². The number of rotatable bonds is 3. The van der Waals surface area contributed by atoms with Crippen LogP contribution in [-0.4, -0.2) is 17.8 Å². The van der Waals surface area contributed by atoms with Crippen LogP contribution in [0.2, 0.25) is 0 Å². The Kier molecular flexibility index (Phi) is 4.79. The van der Waals surface area contributed by atoms with Gasteiger partial charge in [0, 0.05) is 5.25 Å². The molecule has 0 spiro atoms. The number of carbonyl (C=O) groups excluding carboxylic acids is 1. The van der Waals surface area contributed by atoms with Crippen LogP contribution in [0.4, 0.5) is 0 Å². The molecule has 0 aromatic rings. The minimum absolute atomic E-state index is 0.00207. The third-order valence-corrected chi connectivity index (χ3v) is 3.50. The van der Waals surface area contributed by atoms with Gasteiger partial charge in [0.15, 0.2) is 0 Å². The van der Waals surface area contributed by atoms with Crippen LogP contribution in [0.1, 0.15) is 39.5 Å². The minimum atomic E-state index is -0.00207. The molecule has 0 aliphatic heterocycles. The summed E-state index contributed by atoms with van der Waals surface area (Å²) in [5.74, 6) is 0.833. The molecule has 0 amide bonds. The molecule has 0 aromatic carbocycles. The van der Waals surface area contributed by atoms with Crippen LogP contribution in [0.5, 0.6) is 0 Å². The topological polar surface area (TPSA) is 26.3 Å². The van der Waals surface area contributed by atoms with Crippen LogP contribution in [0.3, 0.4) is 0 Å². The number of esters is 1. The Balaban J connectivity index is 2.31. The van der Waals surface area contributed by atoms with Gasteiger partial charge < -0.3 is 4.74 Å². The lowest BCUT2D eigenvalue weighted by Crippen LogP contribution is -2.26. The van der Waals surface area contributed by atoms with Gasteiger partial charge in [-0.3, -0.25) is 4.79 Å². The van der Waals surface area contributed by atoms with Crippen molar-refractivity contribution in [3.63, 3.8) is 0 Å². The van der Waals surface area contributed by atoms with Crippen LogP contribution in [0, 0.1) is 11.8 Å². The molecule has 14 heavy (non-hydrogen) atoms. The van der Waals surface area contributed by atoms with Crippen molar-refractivity contribution in [3.05, 3.63) is 0 Å². The van der Waals surface area contributed by atoms with Crippen molar-refractivity contribution in [1.29, 1.82) is 0 Å². The van der Waals surface area contributed by atoms with Gasteiger partial charge in [0.2, 0.25) is 0 Å². The van der Waals surface area contributed by atoms with Crippen LogP contribution < -0.4 is 0 Å².